The number of anilines is 1. The summed E-state index contributed by atoms with van der Waals surface area (Å²) in [5, 5.41) is 12.4. The number of amides is 1. The number of carboxylic acid groups (broad SMARTS) is 1. The predicted molar refractivity (Wildman–Crippen MR) is 95.3 cm³/mol. The van der Waals surface area contributed by atoms with E-state index in [1.165, 1.54) is 7.11 Å². The molecule has 1 amide bonds. The highest BCUT2D eigenvalue weighted by atomic mass is 35.5. The van der Waals surface area contributed by atoms with Crippen molar-refractivity contribution in [1.29, 1.82) is 0 Å². The van der Waals surface area contributed by atoms with Crippen LogP contribution in [0.5, 0.6) is 5.75 Å². The van der Waals surface area contributed by atoms with E-state index < -0.39 is 5.97 Å². The van der Waals surface area contributed by atoms with E-state index in [2.05, 4.69) is 5.32 Å². The molecule has 1 aromatic carbocycles. The number of carbonyl (C=O) groups is 2. The van der Waals surface area contributed by atoms with Crippen LogP contribution in [0, 0.1) is 5.92 Å². The fourth-order valence-electron chi connectivity index (χ4n) is 2.71. The number of halogens is 2. The summed E-state index contributed by atoms with van der Waals surface area (Å²) >= 11 is 5.93. The van der Waals surface area contributed by atoms with Gasteiger partial charge in [-0.15, -0.1) is 12.4 Å². The van der Waals surface area contributed by atoms with Gasteiger partial charge in [-0.2, -0.15) is 0 Å². The Morgan fingerprint density at radius 1 is 1.46 bits per heavy atom. The van der Waals surface area contributed by atoms with Gasteiger partial charge in [0, 0.05) is 24.5 Å². The SMILES string of the molecule is COc1ccc(Cl)cc1NC(=O)CCN1CCCC(C(=O)O)C1.Cl. The second-order valence-corrected chi connectivity index (χ2v) is 6.06. The number of piperidine rings is 1. The fraction of sp³-hybridized carbons (Fsp3) is 0.500. The molecule has 0 saturated carbocycles. The highest BCUT2D eigenvalue weighted by molar-refractivity contribution is 6.31. The summed E-state index contributed by atoms with van der Waals surface area (Å²) in [6, 6.07) is 5.02. The van der Waals surface area contributed by atoms with Crippen molar-refractivity contribution < 1.29 is 19.4 Å². The molecule has 24 heavy (non-hydrogen) atoms. The molecule has 1 unspecified atom stereocenters. The number of carboxylic acids is 1. The van der Waals surface area contributed by atoms with E-state index in [0.29, 0.717) is 42.4 Å². The van der Waals surface area contributed by atoms with Gasteiger partial charge in [-0.25, -0.2) is 0 Å². The lowest BCUT2D eigenvalue weighted by Crippen LogP contribution is -2.40. The Balaban J connectivity index is 0.00000288. The first-order valence-electron chi connectivity index (χ1n) is 7.58. The van der Waals surface area contributed by atoms with Crippen LogP contribution in [0.25, 0.3) is 0 Å². The van der Waals surface area contributed by atoms with Crippen molar-refractivity contribution in [1.82, 2.24) is 4.90 Å². The van der Waals surface area contributed by atoms with Gasteiger partial charge < -0.3 is 20.1 Å². The van der Waals surface area contributed by atoms with Gasteiger partial charge in [-0.05, 0) is 37.6 Å². The molecule has 2 N–H and O–H groups in total. The Labute approximate surface area is 152 Å². The molecule has 1 fully saturated rings. The number of rotatable bonds is 6. The van der Waals surface area contributed by atoms with Gasteiger partial charge in [0.15, 0.2) is 0 Å². The lowest BCUT2D eigenvalue weighted by molar-refractivity contribution is -0.143. The number of aliphatic carboxylic acids is 1. The molecule has 134 valence electrons. The van der Waals surface area contributed by atoms with Gasteiger partial charge >= 0.3 is 5.97 Å². The minimum atomic E-state index is -0.761. The maximum absolute atomic E-state index is 12.1. The Morgan fingerprint density at radius 3 is 2.88 bits per heavy atom. The van der Waals surface area contributed by atoms with Gasteiger partial charge in [0.1, 0.15) is 5.75 Å². The second-order valence-electron chi connectivity index (χ2n) is 5.62. The molecule has 6 nitrogen and oxygen atoms in total. The summed E-state index contributed by atoms with van der Waals surface area (Å²) in [5.41, 5.74) is 0.534. The summed E-state index contributed by atoms with van der Waals surface area (Å²) in [7, 11) is 1.53. The third-order valence-electron chi connectivity index (χ3n) is 3.95. The highest BCUT2D eigenvalue weighted by Gasteiger charge is 2.25. The van der Waals surface area contributed by atoms with Crippen LogP contribution < -0.4 is 10.1 Å². The molecule has 1 aliphatic heterocycles. The zero-order chi connectivity index (χ0) is 16.8. The number of hydrogen-bond donors (Lipinski definition) is 2. The van der Waals surface area contributed by atoms with Crippen molar-refractivity contribution >= 4 is 41.6 Å². The minimum Gasteiger partial charge on any atom is -0.495 e. The average Bonchev–Trinajstić information content (AvgIpc) is 2.53. The fourth-order valence-corrected chi connectivity index (χ4v) is 2.88. The normalized spacial score (nSPS) is 17.7. The van der Waals surface area contributed by atoms with E-state index in [0.717, 1.165) is 13.0 Å². The van der Waals surface area contributed by atoms with Crippen LogP contribution in [0.2, 0.25) is 5.02 Å². The number of nitrogens with one attached hydrogen (secondary N) is 1. The quantitative estimate of drug-likeness (QED) is 0.797. The van der Waals surface area contributed by atoms with E-state index in [4.69, 9.17) is 21.4 Å². The van der Waals surface area contributed by atoms with E-state index in [1.807, 2.05) is 4.90 Å². The first-order valence-corrected chi connectivity index (χ1v) is 7.96. The number of methoxy groups -OCH3 is 1. The summed E-state index contributed by atoms with van der Waals surface area (Å²) in [4.78, 5) is 25.2. The Bertz CT molecular complexity index is 583. The largest absolute Gasteiger partial charge is 0.495 e. The van der Waals surface area contributed by atoms with Crippen LogP contribution in [0.15, 0.2) is 18.2 Å². The van der Waals surface area contributed by atoms with Crippen molar-refractivity contribution in [3.05, 3.63) is 23.2 Å². The Hall–Kier alpha value is -1.50. The number of benzene rings is 1. The third-order valence-corrected chi connectivity index (χ3v) is 4.18. The van der Waals surface area contributed by atoms with Crippen molar-refractivity contribution in [3.63, 3.8) is 0 Å². The summed E-state index contributed by atoms with van der Waals surface area (Å²) < 4.78 is 5.19. The van der Waals surface area contributed by atoms with Crippen LogP contribution in [0.4, 0.5) is 5.69 Å². The minimum absolute atomic E-state index is 0. The molecule has 2 rings (SSSR count). The molecule has 0 aliphatic carbocycles. The third kappa shape index (κ3) is 5.85. The van der Waals surface area contributed by atoms with Crippen LogP contribution in [-0.2, 0) is 9.59 Å². The van der Waals surface area contributed by atoms with Crippen LogP contribution in [0.3, 0.4) is 0 Å². The molecule has 1 saturated heterocycles. The predicted octanol–water partition coefficient (Wildman–Crippen LogP) is 2.90. The lowest BCUT2D eigenvalue weighted by atomic mass is 9.98. The molecule has 0 bridgehead atoms. The molecule has 0 radical (unpaired) electrons. The maximum atomic E-state index is 12.1. The molecule has 8 heteroatoms. The second kappa shape index (κ2) is 9.71. The summed E-state index contributed by atoms with van der Waals surface area (Å²) in [6.07, 6.45) is 1.85. The van der Waals surface area contributed by atoms with E-state index in [9.17, 15) is 9.59 Å². The van der Waals surface area contributed by atoms with E-state index in [-0.39, 0.29) is 24.2 Å². The van der Waals surface area contributed by atoms with E-state index >= 15 is 0 Å². The first kappa shape index (κ1) is 20.5. The average molecular weight is 377 g/mol. The first-order chi connectivity index (χ1) is 11.0. The van der Waals surface area contributed by atoms with Gasteiger partial charge in [-0.3, -0.25) is 9.59 Å². The van der Waals surface area contributed by atoms with Crippen LogP contribution in [-0.4, -0.2) is 48.6 Å². The van der Waals surface area contributed by atoms with Crippen molar-refractivity contribution in [2.75, 3.05) is 32.1 Å². The zero-order valence-corrected chi connectivity index (χ0v) is 15.0. The molecule has 0 spiro atoms. The van der Waals surface area contributed by atoms with Gasteiger partial charge in [-0.1, -0.05) is 11.6 Å². The Kier molecular flexibility index (Phi) is 8.31. The zero-order valence-electron chi connectivity index (χ0n) is 13.5. The van der Waals surface area contributed by atoms with Crippen LogP contribution >= 0.6 is 24.0 Å². The van der Waals surface area contributed by atoms with E-state index in [1.54, 1.807) is 18.2 Å². The molecular formula is C16H22Cl2N2O4. The number of nitrogens with zero attached hydrogens (tertiary/aromatic N) is 1. The molecule has 1 aromatic rings. The van der Waals surface area contributed by atoms with Gasteiger partial charge in [0.05, 0.1) is 18.7 Å². The van der Waals surface area contributed by atoms with Gasteiger partial charge in [0.2, 0.25) is 5.91 Å². The smallest absolute Gasteiger partial charge is 0.307 e. The molecule has 1 aliphatic rings. The Morgan fingerprint density at radius 2 is 2.21 bits per heavy atom. The number of ether oxygens (including phenoxy) is 1. The van der Waals surface area contributed by atoms with Gasteiger partial charge in [0.25, 0.3) is 0 Å². The summed E-state index contributed by atoms with van der Waals surface area (Å²) in [5.74, 6) is -0.697. The molecule has 1 heterocycles. The topological polar surface area (TPSA) is 78.9 Å². The number of carbonyl (C=O) groups excluding carboxylic acids is 1. The van der Waals surface area contributed by atoms with Crippen molar-refractivity contribution in [2.45, 2.75) is 19.3 Å². The van der Waals surface area contributed by atoms with Crippen molar-refractivity contribution in [2.24, 2.45) is 5.92 Å². The maximum Gasteiger partial charge on any atom is 0.307 e. The molecule has 1 atom stereocenters. The monoisotopic (exact) mass is 376 g/mol. The molecule has 0 aromatic heterocycles. The lowest BCUT2D eigenvalue weighted by Gasteiger charge is -2.30. The summed E-state index contributed by atoms with van der Waals surface area (Å²) in [6.45, 7) is 1.87. The number of hydrogen-bond acceptors (Lipinski definition) is 4. The van der Waals surface area contributed by atoms with Crippen LogP contribution in [0.1, 0.15) is 19.3 Å². The molecular weight excluding hydrogens is 355 g/mol. The van der Waals surface area contributed by atoms with Crippen molar-refractivity contribution in [3.8, 4) is 5.75 Å². The standard InChI is InChI=1S/C16H21ClN2O4.ClH/c1-23-14-5-4-12(17)9-13(14)18-15(20)6-8-19-7-2-3-11(10-19)16(21)22;/h4-5,9,11H,2-3,6-8,10H2,1H3,(H,18,20)(H,21,22);1H. The highest BCUT2D eigenvalue weighted by Crippen LogP contribution is 2.27. The number of likely N-dealkylation sites (tertiary alicyclic amines) is 1.